The Bertz CT molecular complexity index is 602. The van der Waals surface area contributed by atoms with Gasteiger partial charge in [-0.1, -0.05) is 0 Å². The summed E-state index contributed by atoms with van der Waals surface area (Å²) in [5.74, 6) is 0.320. The van der Waals surface area contributed by atoms with Crippen molar-refractivity contribution in [3.05, 3.63) is 41.6 Å². The van der Waals surface area contributed by atoms with Crippen molar-refractivity contribution in [1.29, 1.82) is 5.26 Å². The molecule has 1 atom stereocenters. The van der Waals surface area contributed by atoms with Gasteiger partial charge in [-0.15, -0.1) is 0 Å². The highest BCUT2D eigenvalue weighted by atomic mass is 16.5. The quantitative estimate of drug-likeness (QED) is 0.653. The first-order valence-electron chi connectivity index (χ1n) is 7.80. The van der Waals surface area contributed by atoms with E-state index >= 15 is 0 Å². The molecule has 1 amide bonds. The van der Waals surface area contributed by atoms with E-state index in [0.717, 1.165) is 25.2 Å². The molecular weight excluding hydrogens is 292 g/mol. The van der Waals surface area contributed by atoms with E-state index in [-0.39, 0.29) is 12.5 Å². The van der Waals surface area contributed by atoms with E-state index in [1.807, 2.05) is 6.07 Å². The van der Waals surface area contributed by atoms with Crippen molar-refractivity contribution in [3.63, 3.8) is 0 Å². The summed E-state index contributed by atoms with van der Waals surface area (Å²) in [6, 6.07) is 9.30. The molecule has 6 heteroatoms. The molecule has 6 nitrogen and oxygen atoms in total. The summed E-state index contributed by atoms with van der Waals surface area (Å²) >= 11 is 0. The first kappa shape index (κ1) is 16.8. The first-order valence-corrected chi connectivity index (χ1v) is 7.80. The maximum Gasteiger partial charge on any atom is 0.276 e. The van der Waals surface area contributed by atoms with Crippen LogP contribution in [0.2, 0.25) is 0 Å². The maximum absolute atomic E-state index is 11.8. The zero-order valence-electron chi connectivity index (χ0n) is 13.6. The normalized spacial score (nSPS) is 17.1. The number of nitrogens with one attached hydrogen (secondary N) is 3. The molecule has 1 aromatic rings. The lowest BCUT2D eigenvalue weighted by atomic mass is 10.2. The van der Waals surface area contributed by atoms with Gasteiger partial charge in [0.15, 0.2) is 6.61 Å². The average molecular weight is 315 g/mol. The van der Waals surface area contributed by atoms with E-state index in [1.54, 1.807) is 29.2 Å². The fourth-order valence-electron chi connectivity index (χ4n) is 2.35. The SMILES string of the molecule is CC(C)[NH+]1CC=C(NNC(=O)COc2ccc(C#N)cc2)CC1. The highest BCUT2D eigenvalue weighted by Gasteiger charge is 2.17. The first-order chi connectivity index (χ1) is 11.1. The fourth-order valence-corrected chi connectivity index (χ4v) is 2.35. The van der Waals surface area contributed by atoms with Crippen LogP contribution in [0, 0.1) is 11.3 Å². The van der Waals surface area contributed by atoms with Crippen molar-refractivity contribution in [2.75, 3.05) is 19.7 Å². The number of amides is 1. The summed E-state index contributed by atoms with van der Waals surface area (Å²) in [5, 5.41) is 8.72. The predicted molar refractivity (Wildman–Crippen MR) is 86.5 cm³/mol. The molecule has 1 heterocycles. The molecular formula is C17H23N4O2+. The molecule has 23 heavy (non-hydrogen) atoms. The lowest BCUT2D eigenvalue weighted by Gasteiger charge is -2.27. The Labute approximate surface area is 136 Å². The van der Waals surface area contributed by atoms with Gasteiger partial charge in [0.25, 0.3) is 5.91 Å². The Morgan fingerprint density at radius 3 is 2.70 bits per heavy atom. The number of hydrogen-bond donors (Lipinski definition) is 3. The van der Waals surface area contributed by atoms with Gasteiger partial charge >= 0.3 is 0 Å². The molecule has 1 aromatic carbocycles. The molecule has 2 rings (SSSR count). The van der Waals surface area contributed by atoms with E-state index < -0.39 is 0 Å². The highest BCUT2D eigenvalue weighted by Crippen LogP contribution is 2.11. The van der Waals surface area contributed by atoms with Crippen molar-refractivity contribution < 1.29 is 14.4 Å². The van der Waals surface area contributed by atoms with Crippen LogP contribution in [-0.2, 0) is 4.79 Å². The fraction of sp³-hybridized carbons (Fsp3) is 0.412. The van der Waals surface area contributed by atoms with Crippen LogP contribution in [-0.4, -0.2) is 31.6 Å². The highest BCUT2D eigenvalue weighted by molar-refractivity contribution is 5.77. The van der Waals surface area contributed by atoms with Gasteiger partial charge in [0.05, 0.1) is 30.8 Å². The van der Waals surface area contributed by atoms with Gasteiger partial charge < -0.3 is 15.1 Å². The molecule has 0 saturated heterocycles. The Hall–Kier alpha value is -2.52. The molecule has 1 unspecified atom stereocenters. The summed E-state index contributed by atoms with van der Waals surface area (Å²) in [4.78, 5) is 13.3. The second kappa shape index (κ2) is 8.20. The number of quaternary nitrogens is 1. The van der Waals surface area contributed by atoms with E-state index in [2.05, 4.69) is 30.8 Å². The lowest BCUT2D eigenvalue weighted by Crippen LogP contribution is -3.15. The number of nitriles is 1. The van der Waals surface area contributed by atoms with Crippen molar-refractivity contribution in [2.24, 2.45) is 0 Å². The van der Waals surface area contributed by atoms with Gasteiger partial charge in [0.2, 0.25) is 0 Å². The van der Waals surface area contributed by atoms with E-state index in [0.29, 0.717) is 17.4 Å². The molecule has 122 valence electrons. The van der Waals surface area contributed by atoms with Gasteiger partial charge in [-0.25, -0.2) is 0 Å². The summed E-state index contributed by atoms with van der Waals surface area (Å²) in [5.41, 5.74) is 7.21. The topological polar surface area (TPSA) is 78.6 Å². The molecule has 3 N–H and O–H groups in total. The second-order valence-electron chi connectivity index (χ2n) is 5.84. The monoisotopic (exact) mass is 315 g/mol. The minimum Gasteiger partial charge on any atom is -0.484 e. The molecule has 1 aliphatic heterocycles. The van der Waals surface area contributed by atoms with Crippen molar-refractivity contribution in [2.45, 2.75) is 26.3 Å². The largest absolute Gasteiger partial charge is 0.484 e. The van der Waals surface area contributed by atoms with Crippen LogP contribution in [0.5, 0.6) is 5.75 Å². The van der Waals surface area contributed by atoms with Gasteiger partial charge in [-0.2, -0.15) is 5.26 Å². The third kappa shape index (κ3) is 5.31. The minimum absolute atomic E-state index is 0.0739. The molecule has 0 radical (unpaired) electrons. The molecule has 1 aliphatic rings. The molecule has 0 bridgehead atoms. The molecule has 0 aromatic heterocycles. The summed E-state index contributed by atoms with van der Waals surface area (Å²) in [7, 11) is 0. The van der Waals surface area contributed by atoms with E-state index in [1.165, 1.54) is 0 Å². The standard InChI is InChI=1S/C17H22N4O2/c1-13(2)21-9-7-15(8-10-21)19-20-17(22)12-23-16-5-3-14(11-18)4-6-16/h3-7,13,19H,8-10,12H2,1-2H3,(H,20,22)/p+1. The van der Waals surface area contributed by atoms with Crippen molar-refractivity contribution in [3.8, 4) is 11.8 Å². The smallest absolute Gasteiger partial charge is 0.276 e. The summed E-state index contributed by atoms with van der Waals surface area (Å²) < 4.78 is 5.37. The lowest BCUT2D eigenvalue weighted by molar-refractivity contribution is -0.917. The van der Waals surface area contributed by atoms with E-state index in [9.17, 15) is 4.79 Å². The third-order valence-electron chi connectivity index (χ3n) is 3.86. The summed E-state index contributed by atoms with van der Waals surface area (Å²) in [6.45, 7) is 6.38. The van der Waals surface area contributed by atoms with E-state index in [4.69, 9.17) is 10.00 Å². The van der Waals surface area contributed by atoms with Crippen LogP contribution in [0.1, 0.15) is 25.8 Å². The number of hydrogen-bond acceptors (Lipinski definition) is 4. The van der Waals surface area contributed by atoms with Gasteiger partial charge in [0.1, 0.15) is 5.75 Å². The zero-order chi connectivity index (χ0) is 16.7. The van der Waals surface area contributed by atoms with Crippen LogP contribution in [0.3, 0.4) is 0 Å². The Morgan fingerprint density at radius 1 is 1.39 bits per heavy atom. The van der Waals surface area contributed by atoms with Crippen LogP contribution < -0.4 is 20.5 Å². The van der Waals surface area contributed by atoms with Gasteiger partial charge in [0, 0.05) is 12.1 Å². The Balaban J connectivity index is 1.70. The van der Waals surface area contributed by atoms with Crippen LogP contribution in [0.4, 0.5) is 0 Å². The Morgan fingerprint density at radius 2 is 2.13 bits per heavy atom. The number of carbonyl (C=O) groups excluding carboxylic acids is 1. The summed E-state index contributed by atoms with van der Waals surface area (Å²) in [6.07, 6.45) is 3.05. The Kier molecular flexibility index (Phi) is 6.01. The number of hydrazine groups is 1. The number of carbonyl (C=O) groups is 1. The van der Waals surface area contributed by atoms with Crippen molar-refractivity contribution in [1.82, 2.24) is 10.9 Å². The molecule has 0 aliphatic carbocycles. The van der Waals surface area contributed by atoms with Crippen LogP contribution in [0.15, 0.2) is 36.0 Å². The molecule has 0 fully saturated rings. The number of nitrogens with zero attached hydrogens (tertiary/aromatic N) is 1. The average Bonchev–Trinajstić information content (AvgIpc) is 2.59. The third-order valence-corrected chi connectivity index (χ3v) is 3.86. The molecule has 0 saturated carbocycles. The minimum atomic E-state index is -0.242. The number of ether oxygens (including phenoxy) is 1. The number of benzene rings is 1. The van der Waals surface area contributed by atoms with Crippen LogP contribution >= 0.6 is 0 Å². The second-order valence-corrected chi connectivity index (χ2v) is 5.84. The number of rotatable bonds is 6. The van der Waals surface area contributed by atoms with Crippen molar-refractivity contribution >= 4 is 5.91 Å². The predicted octanol–water partition coefficient (Wildman–Crippen LogP) is 0.139. The maximum atomic E-state index is 11.8. The molecule has 0 spiro atoms. The zero-order valence-corrected chi connectivity index (χ0v) is 13.6. The van der Waals surface area contributed by atoms with Gasteiger partial charge in [-0.3, -0.25) is 10.2 Å². The van der Waals surface area contributed by atoms with Gasteiger partial charge in [-0.05, 0) is 44.2 Å². The van der Waals surface area contributed by atoms with Crippen LogP contribution in [0.25, 0.3) is 0 Å².